The van der Waals surface area contributed by atoms with Crippen LogP contribution in [0.3, 0.4) is 0 Å². The predicted octanol–water partition coefficient (Wildman–Crippen LogP) is 3.11. The molecule has 0 aliphatic carbocycles. The fourth-order valence-electron chi connectivity index (χ4n) is 2.99. The van der Waals surface area contributed by atoms with Crippen LogP contribution < -0.4 is 0 Å². The minimum Gasteiger partial charge on any atom is -0.481 e. The Bertz CT molecular complexity index is 426. The standard InChI is InChI=1S/C18H30O7/c1-11(2)5-13(7-15(19)20)9-17(23)25-18(24)10-14(6-12(3)4)8-16(21)22/h11-14H,5-10H2,1-4H3,(H,19,20)(H,21,22). The maximum atomic E-state index is 11.9. The molecule has 0 spiro atoms. The van der Waals surface area contributed by atoms with Crippen LogP contribution in [-0.2, 0) is 23.9 Å². The van der Waals surface area contributed by atoms with Crippen molar-refractivity contribution in [1.29, 1.82) is 0 Å². The molecule has 2 N–H and O–H groups in total. The summed E-state index contributed by atoms with van der Waals surface area (Å²) >= 11 is 0. The van der Waals surface area contributed by atoms with Crippen LogP contribution in [0.4, 0.5) is 0 Å². The summed E-state index contributed by atoms with van der Waals surface area (Å²) in [5.41, 5.74) is 0. The van der Waals surface area contributed by atoms with E-state index in [0.717, 1.165) is 0 Å². The molecule has 0 saturated carbocycles. The summed E-state index contributed by atoms with van der Waals surface area (Å²) in [7, 11) is 0. The summed E-state index contributed by atoms with van der Waals surface area (Å²) in [6.07, 6.45) is 0.510. The van der Waals surface area contributed by atoms with Crippen LogP contribution in [-0.4, -0.2) is 34.1 Å². The number of aliphatic carboxylic acids is 2. The molecule has 0 aromatic heterocycles. The average Bonchev–Trinajstić information content (AvgIpc) is 2.33. The van der Waals surface area contributed by atoms with Gasteiger partial charge in [0.05, 0.1) is 0 Å². The van der Waals surface area contributed by atoms with Gasteiger partial charge in [0, 0.05) is 25.7 Å². The zero-order valence-corrected chi connectivity index (χ0v) is 15.5. The molecule has 7 heteroatoms. The van der Waals surface area contributed by atoms with Gasteiger partial charge in [0.15, 0.2) is 0 Å². The lowest BCUT2D eigenvalue weighted by atomic mass is 9.91. The van der Waals surface area contributed by atoms with Crippen LogP contribution in [0.25, 0.3) is 0 Å². The van der Waals surface area contributed by atoms with Gasteiger partial charge in [-0.05, 0) is 36.5 Å². The first kappa shape index (κ1) is 23.1. The fraction of sp³-hybridized carbons (Fsp3) is 0.778. The number of hydrogen-bond donors (Lipinski definition) is 2. The van der Waals surface area contributed by atoms with E-state index in [-0.39, 0.29) is 49.4 Å². The molecule has 25 heavy (non-hydrogen) atoms. The molecule has 0 saturated heterocycles. The minimum atomic E-state index is -0.997. The molecule has 7 nitrogen and oxygen atoms in total. The molecule has 0 rings (SSSR count). The van der Waals surface area contributed by atoms with Crippen molar-refractivity contribution in [2.45, 2.75) is 66.2 Å². The molecule has 2 unspecified atom stereocenters. The smallest absolute Gasteiger partial charge is 0.313 e. The molecule has 0 heterocycles. The first-order chi connectivity index (χ1) is 11.5. The fourth-order valence-corrected chi connectivity index (χ4v) is 2.99. The lowest BCUT2D eigenvalue weighted by Gasteiger charge is -2.17. The summed E-state index contributed by atoms with van der Waals surface area (Å²) in [4.78, 5) is 45.5. The van der Waals surface area contributed by atoms with Gasteiger partial charge in [-0.3, -0.25) is 19.2 Å². The number of carboxylic acids is 2. The van der Waals surface area contributed by atoms with Gasteiger partial charge in [0.2, 0.25) is 0 Å². The Hall–Kier alpha value is -1.92. The number of hydrogen-bond acceptors (Lipinski definition) is 5. The van der Waals surface area contributed by atoms with Crippen molar-refractivity contribution < 1.29 is 34.1 Å². The molecular formula is C18H30O7. The van der Waals surface area contributed by atoms with Crippen LogP contribution >= 0.6 is 0 Å². The zero-order valence-electron chi connectivity index (χ0n) is 15.5. The van der Waals surface area contributed by atoms with Crippen LogP contribution in [0.5, 0.6) is 0 Å². The van der Waals surface area contributed by atoms with E-state index in [1.54, 1.807) is 0 Å². The Morgan fingerprint density at radius 2 is 1.00 bits per heavy atom. The largest absolute Gasteiger partial charge is 0.481 e. The highest BCUT2D eigenvalue weighted by Gasteiger charge is 2.24. The van der Waals surface area contributed by atoms with Gasteiger partial charge in [0.25, 0.3) is 0 Å². The molecule has 0 bridgehead atoms. The van der Waals surface area contributed by atoms with Gasteiger partial charge in [-0.1, -0.05) is 27.7 Å². The van der Waals surface area contributed by atoms with Gasteiger partial charge in [0.1, 0.15) is 0 Å². The highest BCUT2D eigenvalue weighted by atomic mass is 16.6. The predicted molar refractivity (Wildman–Crippen MR) is 90.7 cm³/mol. The van der Waals surface area contributed by atoms with Crippen molar-refractivity contribution in [2.75, 3.05) is 0 Å². The van der Waals surface area contributed by atoms with E-state index in [1.165, 1.54) is 0 Å². The SMILES string of the molecule is CC(C)CC(CC(=O)O)CC(=O)OC(=O)CC(CC(=O)O)CC(C)C. The van der Waals surface area contributed by atoms with Crippen LogP contribution in [0, 0.1) is 23.7 Å². The molecule has 0 aromatic rings. The molecule has 0 amide bonds. The number of esters is 2. The summed E-state index contributed by atoms with van der Waals surface area (Å²) in [6, 6.07) is 0. The van der Waals surface area contributed by atoms with E-state index in [2.05, 4.69) is 0 Å². The Morgan fingerprint density at radius 3 is 1.24 bits per heavy atom. The van der Waals surface area contributed by atoms with Crippen molar-refractivity contribution in [3.63, 3.8) is 0 Å². The number of carbonyl (C=O) groups excluding carboxylic acids is 2. The third-order valence-corrected chi connectivity index (χ3v) is 3.67. The summed E-state index contributed by atoms with van der Waals surface area (Å²) in [5.74, 6) is -3.83. The second-order valence-corrected chi connectivity index (χ2v) is 7.44. The maximum Gasteiger partial charge on any atom is 0.313 e. The van der Waals surface area contributed by atoms with E-state index >= 15 is 0 Å². The molecule has 0 aromatic carbocycles. The van der Waals surface area contributed by atoms with Crippen molar-refractivity contribution in [3.05, 3.63) is 0 Å². The second-order valence-electron chi connectivity index (χ2n) is 7.44. The molecule has 144 valence electrons. The highest BCUT2D eigenvalue weighted by molar-refractivity contribution is 5.86. The first-order valence-electron chi connectivity index (χ1n) is 8.66. The van der Waals surface area contributed by atoms with Crippen molar-refractivity contribution in [3.8, 4) is 0 Å². The van der Waals surface area contributed by atoms with Gasteiger partial charge >= 0.3 is 23.9 Å². The third-order valence-electron chi connectivity index (χ3n) is 3.67. The summed E-state index contributed by atoms with van der Waals surface area (Å²) < 4.78 is 4.77. The van der Waals surface area contributed by atoms with Crippen molar-refractivity contribution in [1.82, 2.24) is 0 Å². The Labute approximate surface area is 148 Å². The topological polar surface area (TPSA) is 118 Å². The molecular weight excluding hydrogens is 328 g/mol. The number of rotatable bonds is 12. The van der Waals surface area contributed by atoms with E-state index in [0.29, 0.717) is 12.8 Å². The van der Waals surface area contributed by atoms with E-state index in [1.807, 2.05) is 27.7 Å². The van der Waals surface area contributed by atoms with Gasteiger partial charge < -0.3 is 14.9 Å². The van der Waals surface area contributed by atoms with Crippen LogP contribution in [0.2, 0.25) is 0 Å². The van der Waals surface area contributed by atoms with Gasteiger partial charge in [-0.25, -0.2) is 0 Å². The third kappa shape index (κ3) is 13.1. The molecule has 0 radical (unpaired) electrons. The summed E-state index contributed by atoms with van der Waals surface area (Å²) in [5, 5.41) is 17.8. The number of carboxylic acid groups (broad SMARTS) is 2. The normalized spacial score (nSPS) is 13.5. The van der Waals surface area contributed by atoms with E-state index < -0.39 is 23.9 Å². The first-order valence-corrected chi connectivity index (χ1v) is 8.66. The molecule has 0 aliphatic heterocycles. The lowest BCUT2D eigenvalue weighted by molar-refractivity contribution is -0.161. The average molecular weight is 358 g/mol. The second kappa shape index (κ2) is 11.6. The monoisotopic (exact) mass is 358 g/mol. The van der Waals surface area contributed by atoms with Crippen LogP contribution in [0.15, 0.2) is 0 Å². The maximum absolute atomic E-state index is 11.9. The number of carbonyl (C=O) groups is 4. The molecule has 0 fully saturated rings. The molecule has 2 atom stereocenters. The summed E-state index contributed by atoms with van der Waals surface area (Å²) in [6.45, 7) is 7.70. The van der Waals surface area contributed by atoms with Crippen molar-refractivity contribution >= 4 is 23.9 Å². The quantitative estimate of drug-likeness (QED) is 0.406. The Kier molecular flexibility index (Phi) is 10.7. The lowest BCUT2D eigenvalue weighted by Crippen LogP contribution is -2.22. The number of ether oxygens (including phenoxy) is 1. The Morgan fingerprint density at radius 1 is 0.680 bits per heavy atom. The van der Waals surface area contributed by atoms with Crippen LogP contribution in [0.1, 0.15) is 66.2 Å². The minimum absolute atomic E-state index is 0.135. The Balaban J connectivity index is 4.60. The van der Waals surface area contributed by atoms with Gasteiger partial charge in [-0.2, -0.15) is 0 Å². The van der Waals surface area contributed by atoms with E-state index in [9.17, 15) is 19.2 Å². The zero-order chi connectivity index (χ0) is 19.6. The van der Waals surface area contributed by atoms with Crippen molar-refractivity contribution in [2.24, 2.45) is 23.7 Å². The van der Waals surface area contributed by atoms with Gasteiger partial charge in [-0.15, -0.1) is 0 Å². The molecule has 0 aliphatic rings. The highest BCUT2D eigenvalue weighted by Crippen LogP contribution is 2.22. The van der Waals surface area contributed by atoms with E-state index in [4.69, 9.17) is 14.9 Å².